The summed E-state index contributed by atoms with van der Waals surface area (Å²) in [4.78, 5) is 13.0. The van der Waals surface area contributed by atoms with E-state index < -0.39 is 10.0 Å². The minimum absolute atomic E-state index is 0.0677. The van der Waals surface area contributed by atoms with Gasteiger partial charge in [0.2, 0.25) is 15.9 Å². The zero-order valence-corrected chi connectivity index (χ0v) is 19.2. The molecule has 0 saturated carbocycles. The van der Waals surface area contributed by atoms with Crippen LogP contribution in [-0.4, -0.2) is 44.9 Å². The molecule has 1 aliphatic heterocycles. The Bertz CT molecular complexity index is 973. The second-order valence-corrected chi connectivity index (χ2v) is 9.89. The van der Waals surface area contributed by atoms with Crippen molar-refractivity contribution in [2.45, 2.75) is 44.4 Å². The summed E-state index contributed by atoms with van der Waals surface area (Å²) in [5, 5.41) is 2.99. The average molecular weight is 445 g/mol. The highest BCUT2D eigenvalue weighted by molar-refractivity contribution is 7.89. The molecule has 1 fully saturated rings. The molecule has 1 N–H and O–H groups in total. The monoisotopic (exact) mass is 444 g/mol. The number of para-hydroxylation sites is 1. The van der Waals surface area contributed by atoms with Crippen LogP contribution in [0.4, 0.5) is 0 Å². The first-order valence-corrected chi connectivity index (χ1v) is 12.4. The summed E-state index contributed by atoms with van der Waals surface area (Å²) >= 11 is 0. The molecule has 0 bridgehead atoms. The van der Waals surface area contributed by atoms with E-state index in [-0.39, 0.29) is 23.3 Å². The van der Waals surface area contributed by atoms with Gasteiger partial charge >= 0.3 is 0 Å². The number of sulfonamides is 1. The molecule has 7 heteroatoms. The molecule has 2 aromatic rings. The lowest BCUT2D eigenvalue weighted by Gasteiger charge is -2.31. The largest absolute Gasteiger partial charge is 0.494 e. The van der Waals surface area contributed by atoms with Crippen molar-refractivity contribution in [3.63, 3.8) is 0 Å². The fraction of sp³-hybridized carbons (Fsp3) is 0.458. The smallest absolute Gasteiger partial charge is 0.243 e. The van der Waals surface area contributed by atoms with Gasteiger partial charge in [-0.1, -0.05) is 35.9 Å². The van der Waals surface area contributed by atoms with Crippen LogP contribution in [0.15, 0.2) is 53.4 Å². The number of benzene rings is 2. The first-order chi connectivity index (χ1) is 14.9. The molecule has 1 saturated heterocycles. The summed E-state index contributed by atoms with van der Waals surface area (Å²) in [6.07, 6.45) is 3.01. The number of rotatable bonds is 9. The summed E-state index contributed by atoms with van der Waals surface area (Å²) in [5.74, 6) is 0.507. The van der Waals surface area contributed by atoms with Crippen molar-refractivity contribution in [1.29, 1.82) is 0 Å². The van der Waals surface area contributed by atoms with Gasteiger partial charge in [0, 0.05) is 19.6 Å². The number of ether oxygens (including phenoxy) is 1. The van der Waals surface area contributed by atoms with Gasteiger partial charge in [-0.3, -0.25) is 4.79 Å². The lowest BCUT2D eigenvalue weighted by atomic mass is 9.99. The SMILES string of the molecule is CCOc1ccccc1CCCNC(=O)[C@@H]1CCCN(S(=O)(=O)c2ccc(C)cc2)C1. The van der Waals surface area contributed by atoms with Crippen LogP contribution in [-0.2, 0) is 21.2 Å². The molecule has 3 rings (SSSR count). The summed E-state index contributed by atoms with van der Waals surface area (Å²) < 4.78 is 33.0. The highest BCUT2D eigenvalue weighted by Crippen LogP contribution is 2.24. The van der Waals surface area contributed by atoms with Crippen LogP contribution in [0.25, 0.3) is 0 Å². The minimum Gasteiger partial charge on any atom is -0.494 e. The van der Waals surface area contributed by atoms with Gasteiger partial charge in [0.05, 0.1) is 17.4 Å². The molecule has 1 amide bonds. The van der Waals surface area contributed by atoms with E-state index in [1.165, 1.54) is 4.31 Å². The van der Waals surface area contributed by atoms with Gasteiger partial charge in [-0.2, -0.15) is 4.31 Å². The molecule has 2 aromatic carbocycles. The van der Waals surface area contributed by atoms with Crippen LogP contribution >= 0.6 is 0 Å². The first kappa shape index (κ1) is 23.3. The van der Waals surface area contributed by atoms with Gasteiger partial charge in [0.15, 0.2) is 0 Å². The minimum atomic E-state index is -3.58. The number of carbonyl (C=O) groups is 1. The molecule has 0 aromatic heterocycles. The van der Waals surface area contributed by atoms with Gasteiger partial charge in [-0.05, 0) is 63.3 Å². The van der Waals surface area contributed by atoms with E-state index in [1.54, 1.807) is 24.3 Å². The van der Waals surface area contributed by atoms with Gasteiger partial charge in [-0.25, -0.2) is 8.42 Å². The highest BCUT2D eigenvalue weighted by atomic mass is 32.2. The summed E-state index contributed by atoms with van der Waals surface area (Å²) in [6.45, 7) is 5.75. The molecular formula is C24H32N2O4S. The van der Waals surface area contributed by atoms with Crippen molar-refractivity contribution >= 4 is 15.9 Å². The Morgan fingerprint density at radius 3 is 2.65 bits per heavy atom. The number of carbonyl (C=O) groups excluding carboxylic acids is 1. The van der Waals surface area contributed by atoms with E-state index in [4.69, 9.17) is 4.74 Å². The molecule has 168 valence electrons. The van der Waals surface area contributed by atoms with Crippen LogP contribution in [0.2, 0.25) is 0 Å². The number of nitrogens with zero attached hydrogens (tertiary/aromatic N) is 1. The standard InChI is InChI=1S/C24H32N2O4S/c1-3-30-23-11-5-4-8-20(23)9-6-16-25-24(27)21-10-7-17-26(18-21)31(28,29)22-14-12-19(2)13-15-22/h4-5,8,11-15,21H,3,6-7,9-10,16-18H2,1-2H3,(H,25,27)/t21-/m1/s1. The van der Waals surface area contributed by atoms with Crippen molar-refractivity contribution in [2.24, 2.45) is 5.92 Å². The van der Waals surface area contributed by atoms with Crippen LogP contribution in [0, 0.1) is 12.8 Å². The maximum Gasteiger partial charge on any atom is 0.243 e. The molecule has 6 nitrogen and oxygen atoms in total. The van der Waals surface area contributed by atoms with E-state index in [0.717, 1.165) is 29.7 Å². The van der Waals surface area contributed by atoms with Crippen molar-refractivity contribution in [3.05, 3.63) is 59.7 Å². The number of hydrogen-bond donors (Lipinski definition) is 1. The molecular weight excluding hydrogens is 412 g/mol. The van der Waals surface area contributed by atoms with Crippen molar-refractivity contribution in [3.8, 4) is 5.75 Å². The third-order valence-corrected chi connectivity index (χ3v) is 7.49. The molecule has 1 aliphatic rings. The highest BCUT2D eigenvalue weighted by Gasteiger charge is 2.33. The molecule has 1 heterocycles. The predicted molar refractivity (Wildman–Crippen MR) is 122 cm³/mol. The third kappa shape index (κ3) is 6.08. The maximum atomic E-state index is 13.0. The lowest BCUT2D eigenvalue weighted by molar-refractivity contribution is -0.126. The van der Waals surface area contributed by atoms with E-state index in [0.29, 0.717) is 32.5 Å². The Morgan fingerprint density at radius 2 is 1.90 bits per heavy atom. The van der Waals surface area contributed by atoms with Gasteiger partial charge < -0.3 is 10.1 Å². The van der Waals surface area contributed by atoms with Crippen LogP contribution in [0.5, 0.6) is 5.75 Å². The second kappa shape index (κ2) is 10.8. The lowest BCUT2D eigenvalue weighted by Crippen LogP contribution is -2.45. The van der Waals surface area contributed by atoms with Gasteiger partial charge in [0.1, 0.15) is 5.75 Å². The van der Waals surface area contributed by atoms with Gasteiger partial charge in [0.25, 0.3) is 0 Å². The van der Waals surface area contributed by atoms with Crippen LogP contribution in [0.1, 0.15) is 37.3 Å². The van der Waals surface area contributed by atoms with E-state index in [1.807, 2.05) is 38.1 Å². The summed E-state index contributed by atoms with van der Waals surface area (Å²) in [7, 11) is -3.58. The van der Waals surface area contributed by atoms with E-state index >= 15 is 0 Å². The normalized spacial score (nSPS) is 17.3. The fourth-order valence-corrected chi connectivity index (χ4v) is 5.40. The molecule has 0 unspecified atom stereocenters. The Kier molecular flexibility index (Phi) is 8.09. The molecule has 1 atom stereocenters. The number of nitrogens with one attached hydrogen (secondary N) is 1. The number of piperidine rings is 1. The zero-order valence-electron chi connectivity index (χ0n) is 18.3. The van der Waals surface area contributed by atoms with Crippen molar-refractivity contribution in [1.82, 2.24) is 9.62 Å². The summed E-state index contributed by atoms with van der Waals surface area (Å²) in [5.41, 5.74) is 2.14. The first-order valence-electron chi connectivity index (χ1n) is 11.0. The number of hydrogen-bond acceptors (Lipinski definition) is 4. The predicted octanol–water partition coefficient (Wildman–Crippen LogP) is 3.54. The number of aryl methyl sites for hydroxylation is 2. The van der Waals surface area contributed by atoms with E-state index in [2.05, 4.69) is 5.32 Å². The van der Waals surface area contributed by atoms with Crippen molar-refractivity contribution in [2.75, 3.05) is 26.2 Å². The Balaban J connectivity index is 1.51. The molecule has 0 aliphatic carbocycles. The Morgan fingerprint density at radius 1 is 1.16 bits per heavy atom. The topological polar surface area (TPSA) is 75.7 Å². The summed E-state index contributed by atoms with van der Waals surface area (Å²) in [6, 6.07) is 14.8. The molecule has 0 spiro atoms. The fourth-order valence-electron chi connectivity index (χ4n) is 3.88. The van der Waals surface area contributed by atoms with Crippen molar-refractivity contribution < 1.29 is 17.9 Å². The Hall–Kier alpha value is -2.38. The zero-order chi connectivity index (χ0) is 22.3. The van der Waals surface area contributed by atoms with Crippen LogP contribution < -0.4 is 10.1 Å². The second-order valence-electron chi connectivity index (χ2n) is 7.95. The molecule has 0 radical (unpaired) electrons. The maximum absolute atomic E-state index is 13.0. The quantitative estimate of drug-likeness (QED) is 0.600. The average Bonchev–Trinajstić information content (AvgIpc) is 2.78. The molecule has 31 heavy (non-hydrogen) atoms. The van der Waals surface area contributed by atoms with Crippen LogP contribution in [0.3, 0.4) is 0 Å². The van der Waals surface area contributed by atoms with Gasteiger partial charge in [-0.15, -0.1) is 0 Å². The number of amides is 1. The Labute approximate surface area is 185 Å². The van der Waals surface area contributed by atoms with E-state index in [9.17, 15) is 13.2 Å². The third-order valence-electron chi connectivity index (χ3n) is 5.61.